The number of aliphatic hydroxyl groups excluding tert-OH is 1. The van der Waals surface area contributed by atoms with E-state index >= 15 is 0 Å². The largest absolute Gasteiger partial charge is 0.411 e. The average molecular weight is 331 g/mol. The Labute approximate surface area is 138 Å². The van der Waals surface area contributed by atoms with E-state index in [1.807, 2.05) is 0 Å². The van der Waals surface area contributed by atoms with Crippen molar-refractivity contribution in [2.45, 2.75) is 109 Å². The molecule has 0 aromatic heterocycles. The van der Waals surface area contributed by atoms with Crippen LogP contribution in [0.5, 0.6) is 0 Å². The summed E-state index contributed by atoms with van der Waals surface area (Å²) in [6, 6.07) is 0. The SMILES string of the molecule is CCC[C@](C)(C[C@H]1O[C@@H]1CO)O[Si](C(C)C)(C(C)C)C(C)C. The summed E-state index contributed by atoms with van der Waals surface area (Å²) in [5, 5.41) is 9.24. The van der Waals surface area contributed by atoms with Crippen molar-refractivity contribution in [2.24, 2.45) is 0 Å². The minimum atomic E-state index is -1.89. The first kappa shape index (κ1) is 20.1. The molecule has 4 heteroatoms. The molecule has 1 aliphatic rings. The molecular weight excluding hydrogens is 292 g/mol. The van der Waals surface area contributed by atoms with Gasteiger partial charge in [-0.1, -0.05) is 54.9 Å². The third-order valence-corrected chi connectivity index (χ3v) is 11.7. The van der Waals surface area contributed by atoms with Crippen molar-refractivity contribution in [3.05, 3.63) is 0 Å². The van der Waals surface area contributed by atoms with E-state index in [-0.39, 0.29) is 24.4 Å². The van der Waals surface area contributed by atoms with Crippen molar-refractivity contribution in [2.75, 3.05) is 6.61 Å². The zero-order valence-electron chi connectivity index (χ0n) is 16.0. The Hall–Kier alpha value is 0.0969. The molecular formula is C18H38O3Si. The Balaban J connectivity index is 2.98. The van der Waals surface area contributed by atoms with Crippen LogP contribution in [0.2, 0.25) is 16.6 Å². The molecule has 132 valence electrons. The van der Waals surface area contributed by atoms with Crippen molar-refractivity contribution in [1.29, 1.82) is 0 Å². The van der Waals surface area contributed by atoms with Crippen LogP contribution in [0.15, 0.2) is 0 Å². The third-order valence-electron chi connectivity index (χ3n) is 5.41. The van der Waals surface area contributed by atoms with Crippen LogP contribution in [-0.4, -0.2) is 37.8 Å². The van der Waals surface area contributed by atoms with E-state index in [0.717, 1.165) is 19.3 Å². The fourth-order valence-electron chi connectivity index (χ4n) is 4.45. The van der Waals surface area contributed by atoms with Crippen LogP contribution in [-0.2, 0) is 9.16 Å². The number of aliphatic hydroxyl groups is 1. The quantitative estimate of drug-likeness (QED) is 0.458. The van der Waals surface area contributed by atoms with Crippen LogP contribution in [0.1, 0.15) is 74.7 Å². The number of rotatable bonds is 10. The summed E-state index contributed by atoms with van der Waals surface area (Å²) in [7, 11) is -1.89. The van der Waals surface area contributed by atoms with Crippen LogP contribution < -0.4 is 0 Å². The lowest BCUT2D eigenvalue weighted by Gasteiger charge is -2.48. The predicted octanol–water partition coefficient (Wildman–Crippen LogP) is 4.89. The molecule has 0 radical (unpaired) electrons. The van der Waals surface area contributed by atoms with E-state index < -0.39 is 8.32 Å². The van der Waals surface area contributed by atoms with Crippen LogP contribution in [0, 0.1) is 0 Å². The second kappa shape index (κ2) is 7.78. The van der Waals surface area contributed by atoms with Crippen molar-refractivity contribution in [1.82, 2.24) is 0 Å². The Morgan fingerprint density at radius 2 is 1.55 bits per heavy atom. The van der Waals surface area contributed by atoms with Gasteiger partial charge < -0.3 is 14.3 Å². The molecule has 1 aliphatic heterocycles. The normalized spacial score (nSPS) is 25.1. The van der Waals surface area contributed by atoms with Gasteiger partial charge in [-0.2, -0.15) is 0 Å². The monoisotopic (exact) mass is 330 g/mol. The molecule has 0 aromatic carbocycles. The van der Waals surface area contributed by atoms with Crippen molar-refractivity contribution < 1.29 is 14.3 Å². The van der Waals surface area contributed by atoms with Gasteiger partial charge in [0.1, 0.15) is 6.10 Å². The highest BCUT2D eigenvalue weighted by Crippen LogP contribution is 2.47. The maximum Gasteiger partial charge on any atom is 0.201 e. The first-order chi connectivity index (χ1) is 10.1. The van der Waals surface area contributed by atoms with Gasteiger partial charge in [0.05, 0.1) is 18.3 Å². The maximum absolute atomic E-state index is 9.24. The maximum atomic E-state index is 9.24. The summed E-state index contributed by atoms with van der Waals surface area (Å²) < 4.78 is 12.7. The third kappa shape index (κ3) is 4.34. The molecule has 0 spiro atoms. The molecule has 0 amide bonds. The number of ether oxygens (including phenoxy) is 1. The Morgan fingerprint density at radius 3 is 1.86 bits per heavy atom. The molecule has 1 N–H and O–H groups in total. The highest BCUT2D eigenvalue weighted by Gasteiger charge is 2.51. The molecule has 0 aliphatic carbocycles. The zero-order valence-corrected chi connectivity index (χ0v) is 17.0. The lowest BCUT2D eigenvalue weighted by atomic mass is 9.94. The molecule has 0 unspecified atom stereocenters. The second-order valence-corrected chi connectivity index (χ2v) is 13.6. The highest BCUT2D eigenvalue weighted by molar-refractivity contribution is 6.77. The van der Waals surface area contributed by atoms with E-state index in [0.29, 0.717) is 16.6 Å². The van der Waals surface area contributed by atoms with Gasteiger partial charge >= 0.3 is 0 Å². The van der Waals surface area contributed by atoms with Crippen LogP contribution in [0.3, 0.4) is 0 Å². The standard InChI is InChI=1S/C18H38O3Si/c1-9-10-18(8,11-16-17(12-19)20-16)21-22(13(2)3,14(4)5)15(6)7/h13-17,19H,9-12H2,1-8H3/t16-,17-,18-/m1/s1. The van der Waals surface area contributed by atoms with E-state index in [4.69, 9.17) is 9.16 Å². The Bertz CT molecular complexity index is 321. The van der Waals surface area contributed by atoms with E-state index in [1.54, 1.807) is 0 Å². The number of hydrogen-bond donors (Lipinski definition) is 1. The van der Waals surface area contributed by atoms with Crippen LogP contribution in [0.25, 0.3) is 0 Å². The van der Waals surface area contributed by atoms with E-state index in [2.05, 4.69) is 55.4 Å². The number of hydrogen-bond acceptors (Lipinski definition) is 3. The Morgan fingerprint density at radius 1 is 1.05 bits per heavy atom. The smallest absolute Gasteiger partial charge is 0.201 e. The molecule has 0 bridgehead atoms. The first-order valence-corrected chi connectivity index (χ1v) is 11.2. The minimum Gasteiger partial charge on any atom is -0.411 e. The van der Waals surface area contributed by atoms with Gasteiger partial charge in [-0.05, 0) is 30.0 Å². The van der Waals surface area contributed by atoms with Crippen LogP contribution in [0.4, 0.5) is 0 Å². The molecule has 1 heterocycles. The van der Waals surface area contributed by atoms with Gasteiger partial charge in [-0.3, -0.25) is 0 Å². The molecule has 3 nitrogen and oxygen atoms in total. The summed E-state index contributed by atoms with van der Waals surface area (Å²) in [4.78, 5) is 0. The highest BCUT2D eigenvalue weighted by atomic mass is 28.4. The van der Waals surface area contributed by atoms with Gasteiger partial charge in [0, 0.05) is 6.42 Å². The lowest BCUT2D eigenvalue weighted by molar-refractivity contribution is 0.0412. The Kier molecular flexibility index (Phi) is 7.12. The van der Waals surface area contributed by atoms with E-state index in [1.165, 1.54) is 0 Å². The lowest BCUT2D eigenvalue weighted by Crippen LogP contribution is -2.54. The van der Waals surface area contributed by atoms with Crippen molar-refractivity contribution in [3.8, 4) is 0 Å². The van der Waals surface area contributed by atoms with Gasteiger partial charge in [0.25, 0.3) is 0 Å². The molecule has 1 saturated heterocycles. The van der Waals surface area contributed by atoms with Gasteiger partial charge in [-0.15, -0.1) is 0 Å². The predicted molar refractivity (Wildman–Crippen MR) is 95.8 cm³/mol. The average Bonchev–Trinajstić information content (AvgIpc) is 3.13. The van der Waals surface area contributed by atoms with Crippen molar-refractivity contribution >= 4 is 8.32 Å². The second-order valence-electron chi connectivity index (χ2n) is 8.22. The summed E-state index contributed by atoms with van der Waals surface area (Å²) in [6.07, 6.45) is 3.30. The van der Waals surface area contributed by atoms with Gasteiger partial charge in [-0.25, -0.2) is 0 Å². The summed E-state index contributed by atoms with van der Waals surface area (Å²) in [5.74, 6) is 0. The van der Waals surface area contributed by atoms with Gasteiger partial charge in [0.15, 0.2) is 0 Å². The van der Waals surface area contributed by atoms with Crippen molar-refractivity contribution in [3.63, 3.8) is 0 Å². The molecule has 3 atom stereocenters. The molecule has 1 fully saturated rings. The first-order valence-electron chi connectivity index (χ1n) is 9.09. The molecule has 0 aromatic rings. The summed E-state index contributed by atoms with van der Waals surface area (Å²) in [6.45, 7) is 18.6. The topological polar surface area (TPSA) is 42.0 Å². The molecule has 0 saturated carbocycles. The summed E-state index contributed by atoms with van der Waals surface area (Å²) >= 11 is 0. The summed E-state index contributed by atoms with van der Waals surface area (Å²) in [5.41, 5.74) is 1.65. The van der Waals surface area contributed by atoms with E-state index in [9.17, 15) is 5.11 Å². The fraction of sp³-hybridized carbons (Fsp3) is 1.00. The fourth-order valence-corrected chi connectivity index (χ4v) is 10.2. The molecule has 22 heavy (non-hydrogen) atoms. The molecule has 1 rings (SSSR count). The minimum absolute atomic E-state index is 0.0352. The number of epoxide rings is 1. The zero-order chi connectivity index (χ0) is 17.1. The van der Waals surface area contributed by atoms with Gasteiger partial charge in [0.2, 0.25) is 8.32 Å². The van der Waals surface area contributed by atoms with Crippen LogP contribution >= 0.6 is 0 Å².